The zero-order chi connectivity index (χ0) is 21.5. The van der Waals surface area contributed by atoms with Crippen molar-refractivity contribution in [1.82, 2.24) is 25.3 Å². The zero-order valence-electron chi connectivity index (χ0n) is 17.7. The van der Waals surface area contributed by atoms with E-state index in [0.29, 0.717) is 31.1 Å². The first-order valence-electron chi connectivity index (χ1n) is 10.6. The van der Waals surface area contributed by atoms with Crippen molar-refractivity contribution in [2.45, 2.75) is 39.0 Å². The SMILES string of the molecule is CC1CN(Cc2cccc(CNC(=O)CCc3nc(-c4cccnc4)no3)c2)CCO1. The molecule has 3 heterocycles. The standard InChI is InChI=1S/C23H27N5O3/c1-17-15-28(10-11-30-17)16-19-5-2-4-18(12-19)13-25-21(29)7-8-22-26-23(27-31-22)20-6-3-9-24-14-20/h2-6,9,12,14,17H,7-8,10-11,13,15-16H2,1H3,(H,25,29). The van der Waals surface area contributed by atoms with Crippen LogP contribution in [0.5, 0.6) is 0 Å². The van der Waals surface area contributed by atoms with Gasteiger partial charge in [-0.15, -0.1) is 0 Å². The van der Waals surface area contributed by atoms with Crippen LogP contribution in [-0.4, -0.2) is 51.7 Å². The van der Waals surface area contributed by atoms with Crippen LogP contribution in [0.4, 0.5) is 0 Å². The number of carbonyl (C=O) groups excluding carboxylic acids is 1. The van der Waals surface area contributed by atoms with Gasteiger partial charge in [-0.2, -0.15) is 4.98 Å². The van der Waals surface area contributed by atoms with Crippen molar-refractivity contribution in [3.63, 3.8) is 0 Å². The van der Waals surface area contributed by atoms with Crippen LogP contribution in [0.15, 0.2) is 53.3 Å². The minimum Gasteiger partial charge on any atom is -0.376 e. The van der Waals surface area contributed by atoms with Gasteiger partial charge in [0.2, 0.25) is 17.6 Å². The first-order chi connectivity index (χ1) is 15.2. The van der Waals surface area contributed by atoms with Crippen LogP contribution in [0.25, 0.3) is 11.4 Å². The van der Waals surface area contributed by atoms with E-state index in [4.69, 9.17) is 9.26 Å². The summed E-state index contributed by atoms with van der Waals surface area (Å²) in [7, 11) is 0. The maximum absolute atomic E-state index is 12.3. The van der Waals surface area contributed by atoms with Crippen molar-refractivity contribution >= 4 is 5.91 Å². The fourth-order valence-electron chi connectivity index (χ4n) is 3.61. The summed E-state index contributed by atoms with van der Waals surface area (Å²) in [6.07, 6.45) is 4.33. The summed E-state index contributed by atoms with van der Waals surface area (Å²) in [6, 6.07) is 12.0. The number of aromatic nitrogens is 3. The molecule has 1 fully saturated rings. The highest BCUT2D eigenvalue weighted by atomic mass is 16.5. The molecule has 0 saturated carbocycles. The first kappa shape index (κ1) is 21.1. The number of nitrogens with zero attached hydrogens (tertiary/aromatic N) is 4. The average Bonchev–Trinajstić information content (AvgIpc) is 3.26. The molecule has 0 aliphatic carbocycles. The van der Waals surface area contributed by atoms with Crippen LogP contribution < -0.4 is 5.32 Å². The zero-order valence-corrected chi connectivity index (χ0v) is 17.7. The van der Waals surface area contributed by atoms with Crippen LogP contribution in [0.3, 0.4) is 0 Å². The summed E-state index contributed by atoms with van der Waals surface area (Å²) in [5, 5.41) is 6.92. The molecule has 1 atom stereocenters. The second-order valence-corrected chi connectivity index (χ2v) is 7.77. The van der Waals surface area contributed by atoms with Crippen molar-refractivity contribution in [2.24, 2.45) is 0 Å². The molecule has 1 saturated heterocycles. The van der Waals surface area contributed by atoms with Gasteiger partial charge in [0.15, 0.2) is 0 Å². The van der Waals surface area contributed by atoms with Crippen molar-refractivity contribution in [3.8, 4) is 11.4 Å². The molecule has 8 heteroatoms. The largest absolute Gasteiger partial charge is 0.376 e. The van der Waals surface area contributed by atoms with Gasteiger partial charge in [0, 0.05) is 57.0 Å². The van der Waals surface area contributed by atoms with Crippen LogP contribution >= 0.6 is 0 Å². The number of hydrogen-bond donors (Lipinski definition) is 1. The number of nitrogens with one attached hydrogen (secondary N) is 1. The van der Waals surface area contributed by atoms with Gasteiger partial charge in [-0.25, -0.2) is 0 Å². The second-order valence-electron chi connectivity index (χ2n) is 7.77. The Balaban J connectivity index is 1.23. The highest BCUT2D eigenvalue weighted by Crippen LogP contribution is 2.15. The molecule has 0 radical (unpaired) electrons. The van der Waals surface area contributed by atoms with Gasteiger partial charge in [0.25, 0.3) is 0 Å². The third-order valence-electron chi connectivity index (χ3n) is 5.17. The molecule has 1 N–H and O–H groups in total. The second kappa shape index (κ2) is 10.3. The number of pyridine rings is 1. The fourth-order valence-corrected chi connectivity index (χ4v) is 3.61. The van der Waals surface area contributed by atoms with Crippen LogP contribution in [0.2, 0.25) is 0 Å². The van der Waals surface area contributed by atoms with E-state index in [1.54, 1.807) is 12.4 Å². The van der Waals surface area contributed by atoms with E-state index in [0.717, 1.165) is 37.4 Å². The van der Waals surface area contributed by atoms with Crippen LogP contribution in [0, 0.1) is 0 Å². The Morgan fingerprint density at radius 2 is 2.16 bits per heavy atom. The van der Waals surface area contributed by atoms with Gasteiger partial charge in [0.1, 0.15) is 0 Å². The lowest BCUT2D eigenvalue weighted by Gasteiger charge is -2.31. The Labute approximate surface area is 181 Å². The minimum absolute atomic E-state index is 0.0477. The Hall–Kier alpha value is -3.10. The summed E-state index contributed by atoms with van der Waals surface area (Å²) in [5.41, 5.74) is 3.12. The topological polar surface area (TPSA) is 93.4 Å². The van der Waals surface area contributed by atoms with Gasteiger partial charge >= 0.3 is 0 Å². The van der Waals surface area contributed by atoms with E-state index in [9.17, 15) is 4.79 Å². The summed E-state index contributed by atoms with van der Waals surface area (Å²) in [6.45, 7) is 6.16. The molecule has 0 bridgehead atoms. The number of carbonyl (C=O) groups is 1. The summed E-state index contributed by atoms with van der Waals surface area (Å²) < 4.78 is 10.9. The molecule has 2 aromatic heterocycles. The maximum atomic E-state index is 12.3. The Bertz CT molecular complexity index is 992. The van der Waals surface area contributed by atoms with E-state index >= 15 is 0 Å². The molecule has 162 valence electrons. The van der Waals surface area contributed by atoms with E-state index in [-0.39, 0.29) is 12.0 Å². The molecule has 8 nitrogen and oxygen atoms in total. The van der Waals surface area contributed by atoms with Gasteiger partial charge in [-0.3, -0.25) is 14.7 Å². The smallest absolute Gasteiger partial charge is 0.227 e. The maximum Gasteiger partial charge on any atom is 0.227 e. The van der Waals surface area contributed by atoms with Crippen LogP contribution in [0.1, 0.15) is 30.4 Å². The molecule has 1 aromatic carbocycles. The predicted molar refractivity (Wildman–Crippen MR) is 115 cm³/mol. The normalized spacial score (nSPS) is 16.9. The molecular weight excluding hydrogens is 394 g/mol. The summed E-state index contributed by atoms with van der Waals surface area (Å²) in [5.74, 6) is 0.874. The number of hydrogen-bond acceptors (Lipinski definition) is 7. The van der Waals surface area contributed by atoms with E-state index in [1.165, 1.54) is 5.56 Å². The van der Waals surface area contributed by atoms with E-state index in [2.05, 4.69) is 44.4 Å². The molecule has 4 rings (SSSR count). The molecule has 0 spiro atoms. The average molecular weight is 422 g/mol. The molecule has 1 aliphatic heterocycles. The first-order valence-corrected chi connectivity index (χ1v) is 10.6. The number of aryl methyl sites for hydroxylation is 1. The molecular formula is C23H27N5O3. The van der Waals surface area contributed by atoms with Crippen molar-refractivity contribution in [1.29, 1.82) is 0 Å². The molecule has 1 aliphatic rings. The minimum atomic E-state index is -0.0477. The summed E-state index contributed by atoms with van der Waals surface area (Å²) >= 11 is 0. The monoisotopic (exact) mass is 421 g/mol. The highest BCUT2D eigenvalue weighted by Gasteiger charge is 2.16. The van der Waals surface area contributed by atoms with Gasteiger partial charge in [-0.05, 0) is 30.2 Å². The van der Waals surface area contributed by atoms with Crippen LogP contribution in [-0.2, 0) is 29.0 Å². The van der Waals surface area contributed by atoms with Gasteiger partial charge in [-0.1, -0.05) is 29.4 Å². The number of morpholine rings is 1. The predicted octanol–water partition coefficient (Wildman–Crippen LogP) is 2.60. The Kier molecular flexibility index (Phi) is 7.01. The van der Waals surface area contributed by atoms with Gasteiger partial charge < -0.3 is 14.6 Å². The third kappa shape index (κ3) is 6.19. The quantitative estimate of drug-likeness (QED) is 0.597. The molecule has 1 unspecified atom stereocenters. The van der Waals surface area contributed by atoms with E-state index in [1.807, 2.05) is 24.3 Å². The van der Waals surface area contributed by atoms with Crippen molar-refractivity contribution < 1.29 is 14.1 Å². The van der Waals surface area contributed by atoms with Gasteiger partial charge in [0.05, 0.1) is 12.7 Å². The molecule has 1 amide bonds. The number of rotatable bonds is 8. The Morgan fingerprint density at radius 1 is 1.26 bits per heavy atom. The van der Waals surface area contributed by atoms with Crippen molar-refractivity contribution in [2.75, 3.05) is 19.7 Å². The highest BCUT2D eigenvalue weighted by molar-refractivity contribution is 5.76. The summed E-state index contributed by atoms with van der Waals surface area (Å²) in [4.78, 5) is 23.0. The van der Waals surface area contributed by atoms with E-state index < -0.39 is 0 Å². The molecule has 3 aromatic rings. The molecule has 31 heavy (non-hydrogen) atoms. The Morgan fingerprint density at radius 3 is 3.00 bits per heavy atom. The lowest BCUT2D eigenvalue weighted by Crippen LogP contribution is -2.40. The number of ether oxygens (including phenoxy) is 1. The number of benzene rings is 1. The van der Waals surface area contributed by atoms with Crippen molar-refractivity contribution in [3.05, 3.63) is 65.8 Å². The lowest BCUT2D eigenvalue weighted by molar-refractivity contribution is -0.121. The number of amides is 1. The third-order valence-corrected chi connectivity index (χ3v) is 5.17. The fraction of sp³-hybridized carbons (Fsp3) is 0.391. The lowest BCUT2D eigenvalue weighted by atomic mass is 10.1.